The molecule has 2 heterocycles. The third-order valence-electron chi connectivity index (χ3n) is 4.46. The highest BCUT2D eigenvalue weighted by Crippen LogP contribution is 2.33. The first kappa shape index (κ1) is 19.8. The number of carbonyl (C=O) groups excluding carboxylic acids is 2. The van der Waals surface area contributed by atoms with Crippen molar-refractivity contribution in [1.82, 2.24) is 4.98 Å². The zero-order chi connectivity index (χ0) is 21.3. The number of benzene rings is 2. The molecule has 0 unspecified atom stereocenters. The van der Waals surface area contributed by atoms with Crippen molar-refractivity contribution in [3.05, 3.63) is 70.5 Å². The molecule has 0 saturated heterocycles. The largest absolute Gasteiger partial charge is 0.462 e. The van der Waals surface area contributed by atoms with E-state index in [-0.39, 0.29) is 17.5 Å². The molecular formula is C22H17FN2O4S. The van der Waals surface area contributed by atoms with Crippen molar-refractivity contribution < 1.29 is 23.1 Å². The van der Waals surface area contributed by atoms with Crippen LogP contribution in [0.15, 0.2) is 52.9 Å². The lowest BCUT2D eigenvalue weighted by Crippen LogP contribution is -2.11. The summed E-state index contributed by atoms with van der Waals surface area (Å²) in [5.74, 6) is -1.40. The summed E-state index contributed by atoms with van der Waals surface area (Å²) in [7, 11) is 0. The summed E-state index contributed by atoms with van der Waals surface area (Å²) in [5.41, 5.74) is 2.09. The van der Waals surface area contributed by atoms with Crippen molar-refractivity contribution in [2.75, 3.05) is 11.9 Å². The van der Waals surface area contributed by atoms with E-state index in [1.54, 1.807) is 13.8 Å². The lowest BCUT2D eigenvalue weighted by molar-refractivity contribution is 0.0532. The van der Waals surface area contributed by atoms with Gasteiger partial charge in [0.25, 0.3) is 5.91 Å². The number of hydrogen-bond donors (Lipinski definition) is 1. The van der Waals surface area contributed by atoms with Crippen LogP contribution >= 0.6 is 11.3 Å². The van der Waals surface area contributed by atoms with Crippen molar-refractivity contribution in [3.63, 3.8) is 0 Å². The Morgan fingerprint density at radius 2 is 1.97 bits per heavy atom. The molecule has 1 N–H and O–H groups in total. The number of nitrogens with zero attached hydrogens (tertiary/aromatic N) is 1. The number of halogens is 1. The van der Waals surface area contributed by atoms with Gasteiger partial charge >= 0.3 is 5.97 Å². The number of hydrogen-bond acceptors (Lipinski definition) is 6. The lowest BCUT2D eigenvalue weighted by Gasteiger charge is -2.01. The van der Waals surface area contributed by atoms with Gasteiger partial charge in [-0.2, -0.15) is 0 Å². The molecule has 0 fully saturated rings. The van der Waals surface area contributed by atoms with Crippen molar-refractivity contribution in [1.29, 1.82) is 0 Å². The predicted octanol–water partition coefficient (Wildman–Crippen LogP) is 5.43. The topological polar surface area (TPSA) is 81.4 Å². The molecule has 0 aliphatic carbocycles. The van der Waals surface area contributed by atoms with Gasteiger partial charge in [-0.25, -0.2) is 14.2 Å². The highest BCUT2D eigenvalue weighted by atomic mass is 32.1. The first-order chi connectivity index (χ1) is 14.5. The molecule has 152 valence electrons. The summed E-state index contributed by atoms with van der Waals surface area (Å²) < 4.78 is 24.3. The second kappa shape index (κ2) is 8.08. The van der Waals surface area contributed by atoms with Crippen LogP contribution in [0.3, 0.4) is 0 Å². The molecular weight excluding hydrogens is 407 g/mol. The Bertz CT molecular complexity index is 1250. The highest BCUT2D eigenvalue weighted by molar-refractivity contribution is 7.18. The van der Waals surface area contributed by atoms with Gasteiger partial charge in [-0.15, -0.1) is 0 Å². The van der Waals surface area contributed by atoms with Crippen molar-refractivity contribution in [3.8, 4) is 11.3 Å². The summed E-state index contributed by atoms with van der Waals surface area (Å²) >= 11 is 1.02. The number of anilines is 1. The normalized spacial score (nSPS) is 10.9. The number of thiazole rings is 1. The number of amides is 1. The molecule has 0 aliphatic rings. The molecule has 30 heavy (non-hydrogen) atoms. The van der Waals surface area contributed by atoms with E-state index in [1.807, 2.05) is 30.3 Å². The first-order valence-electron chi connectivity index (χ1n) is 9.21. The molecule has 2 aromatic heterocycles. The molecule has 4 rings (SSSR count). The fourth-order valence-electron chi connectivity index (χ4n) is 3.06. The summed E-state index contributed by atoms with van der Waals surface area (Å²) in [6, 6.07) is 13.2. The maximum Gasteiger partial charge on any atom is 0.350 e. The zero-order valence-corrected chi connectivity index (χ0v) is 17.0. The molecule has 0 atom stereocenters. The summed E-state index contributed by atoms with van der Waals surface area (Å²) in [5, 5.41) is 3.43. The number of nitrogens with one attached hydrogen (secondary N) is 1. The van der Waals surface area contributed by atoms with Gasteiger partial charge in [0.05, 0.1) is 12.3 Å². The summed E-state index contributed by atoms with van der Waals surface area (Å²) in [4.78, 5) is 29.9. The standard InChI is InChI=1S/C22H17FN2O4S/c1-3-28-21(27)19-17(13-7-5-4-6-8-13)24-22(30-19)25-20(26)18-12(2)15-11-14(23)9-10-16(15)29-18/h4-11H,3H2,1-2H3,(H,24,25,26). The first-order valence-corrected chi connectivity index (χ1v) is 10.0. The molecule has 0 bridgehead atoms. The van der Waals surface area contributed by atoms with Gasteiger partial charge in [-0.1, -0.05) is 41.7 Å². The lowest BCUT2D eigenvalue weighted by atomic mass is 10.1. The maximum atomic E-state index is 13.5. The molecule has 8 heteroatoms. The number of esters is 1. The van der Waals surface area contributed by atoms with Crippen LogP contribution in [0.1, 0.15) is 32.7 Å². The third-order valence-corrected chi connectivity index (χ3v) is 5.41. The van der Waals surface area contributed by atoms with E-state index in [0.717, 1.165) is 16.9 Å². The van der Waals surface area contributed by atoms with Gasteiger partial charge in [0.15, 0.2) is 10.9 Å². The number of furan rings is 1. The van der Waals surface area contributed by atoms with Crippen LogP contribution in [0.2, 0.25) is 0 Å². The van der Waals surface area contributed by atoms with Crippen LogP contribution in [0.4, 0.5) is 9.52 Å². The number of aryl methyl sites for hydroxylation is 1. The molecule has 6 nitrogen and oxygen atoms in total. The van der Waals surface area contributed by atoms with E-state index in [2.05, 4.69) is 10.3 Å². The maximum absolute atomic E-state index is 13.5. The molecule has 0 saturated carbocycles. The minimum atomic E-state index is -0.534. The van der Waals surface area contributed by atoms with Gasteiger partial charge in [0, 0.05) is 16.5 Å². The number of fused-ring (bicyclic) bond motifs is 1. The Kier molecular flexibility index (Phi) is 5.33. The van der Waals surface area contributed by atoms with Crippen molar-refractivity contribution >= 4 is 39.3 Å². The van der Waals surface area contributed by atoms with E-state index in [1.165, 1.54) is 18.2 Å². The van der Waals surface area contributed by atoms with Crippen LogP contribution in [0.25, 0.3) is 22.2 Å². The second-order valence-corrected chi connectivity index (χ2v) is 7.43. The number of rotatable bonds is 5. The van der Waals surface area contributed by atoms with E-state index in [4.69, 9.17) is 9.15 Å². The van der Waals surface area contributed by atoms with Crippen LogP contribution in [0, 0.1) is 12.7 Å². The Labute approximate surface area is 175 Å². The van der Waals surface area contributed by atoms with Gasteiger partial charge in [0.2, 0.25) is 0 Å². The minimum Gasteiger partial charge on any atom is -0.462 e. The molecule has 2 aromatic carbocycles. The van der Waals surface area contributed by atoms with E-state index >= 15 is 0 Å². The van der Waals surface area contributed by atoms with Gasteiger partial charge < -0.3 is 9.15 Å². The SMILES string of the molecule is CCOC(=O)c1sc(NC(=O)c2oc3ccc(F)cc3c2C)nc1-c1ccccc1. The molecule has 0 spiro atoms. The predicted molar refractivity (Wildman–Crippen MR) is 112 cm³/mol. The number of ether oxygens (including phenoxy) is 1. The zero-order valence-electron chi connectivity index (χ0n) is 16.2. The fourth-order valence-corrected chi connectivity index (χ4v) is 3.94. The summed E-state index contributed by atoms with van der Waals surface area (Å²) in [6.07, 6.45) is 0. The van der Waals surface area contributed by atoms with Gasteiger partial charge in [-0.05, 0) is 32.0 Å². The minimum absolute atomic E-state index is 0.0599. The van der Waals surface area contributed by atoms with Crippen LogP contribution in [0.5, 0.6) is 0 Å². The molecule has 0 aliphatic heterocycles. The van der Waals surface area contributed by atoms with Crippen molar-refractivity contribution in [2.24, 2.45) is 0 Å². The van der Waals surface area contributed by atoms with E-state index in [9.17, 15) is 14.0 Å². The van der Waals surface area contributed by atoms with E-state index < -0.39 is 17.7 Å². The molecule has 0 radical (unpaired) electrons. The van der Waals surface area contributed by atoms with Gasteiger partial charge in [0.1, 0.15) is 16.3 Å². The van der Waals surface area contributed by atoms with E-state index in [0.29, 0.717) is 27.1 Å². The monoisotopic (exact) mass is 424 g/mol. The second-order valence-electron chi connectivity index (χ2n) is 6.43. The highest BCUT2D eigenvalue weighted by Gasteiger charge is 2.24. The Hall–Kier alpha value is -3.52. The average molecular weight is 424 g/mol. The Morgan fingerprint density at radius 1 is 1.20 bits per heavy atom. The summed E-state index contributed by atoms with van der Waals surface area (Å²) in [6.45, 7) is 3.62. The van der Waals surface area contributed by atoms with Crippen LogP contribution in [-0.2, 0) is 4.74 Å². The smallest absolute Gasteiger partial charge is 0.350 e. The van der Waals surface area contributed by atoms with Gasteiger partial charge in [-0.3, -0.25) is 10.1 Å². The number of aromatic nitrogens is 1. The Balaban J connectivity index is 1.69. The third kappa shape index (κ3) is 3.69. The van der Waals surface area contributed by atoms with Crippen molar-refractivity contribution in [2.45, 2.75) is 13.8 Å². The van der Waals surface area contributed by atoms with Crippen LogP contribution < -0.4 is 5.32 Å². The molecule has 4 aromatic rings. The Morgan fingerprint density at radius 3 is 2.70 bits per heavy atom. The quantitative estimate of drug-likeness (QED) is 0.432. The fraction of sp³-hybridized carbons (Fsp3) is 0.136. The van der Waals surface area contributed by atoms with Crippen LogP contribution in [-0.4, -0.2) is 23.5 Å². The number of carbonyl (C=O) groups is 2. The average Bonchev–Trinajstić information content (AvgIpc) is 3.30. The molecule has 1 amide bonds.